The first-order valence-electron chi connectivity index (χ1n) is 6.81. The second-order valence-electron chi connectivity index (χ2n) is 5.23. The number of hydrogen-bond acceptors (Lipinski definition) is 2. The van der Waals surface area contributed by atoms with Crippen LogP contribution in [0.2, 0.25) is 0 Å². The number of carbonyl (C=O) groups excluding carboxylic acids is 1. The fraction of sp³-hybridized carbons (Fsp3) is 0.375. The summed E-state index contributed by atoms with van der Waals surface area (Å²) >= 11 is 0. The van der Waals surface area contributed by atoms with Crippen molar-refractivity contribution < 1.29 is 14.7 Å². The summed E-state index contributed by atoms with van der Waals surface area (Å²) < 4.78 is 0. The first kappa shape index (κ1) is 14.3. The SMILES string of the molecule is CC[C@H](C)[C@@H]1NC(=O)c2ccccc2/C1=C(\C)C(=O)O. The molecule has 2 atom stereocenters. The van der Waals surface area contributed by atoms with Crippen LogP contribution < -0.4 is 5.32 Å². The zero-order valence-corrected chi connectivity index (χ0v) is 11.9. The van der Waals surface area contributed by atoms with Crippen molar-refractivity contribution in [2.45, 2.75) is 33.2 Å². The standard InChI is InChI=1S/C16H19NO3/c1-4-9(2)14-13(10(3)16(19)20)11-7-5-6-8-12(11)15(18)17-14/h5-9,14H,4H2,1-3H3,(H,17,18)(H,19,20)/b13-10-/t9-,14-/m0/s1. The molecule has 20 heavy (non-hydrogen) atoms. The summed E-state index contributed by atoms with van der Waals surface area (Å²) in [5.41, 5.74) is 2.30. The van der Waals surface area contributed by atoms with Gasteiger partial charge in [0, 0.05) is 11.1 Å². The summed E-state index contributed by atoms with van der Waals surface area (Å²) in [6.07, 6.45) is 0.865. The Balaban J connectivity index is 2.68. The molecule has 1 aromatic carbocycles. The number of carboxylic acid groups (broad SMARTS) is 1. The van der Waals surface area contributed by atoms with Crippen LogP contribution >= 0.6 is 0 Å². The number of amides is 1. The van der Waals surface area contributed by atoms with Crippen LogP contribution in [0.15, 0.2) is 29.8 Å². The third-order valence-corrected chi connectivity index (χ3v) is 4.00. The van der Waals surface area contributed by atoms with Gasteiger partial charge in [-0.1, -0.05) is 38.5 Å². The minimum Gasteiger partial charge on any atom is -0.478 e. The summed E-state index contributed by atoms with van der Waals surface area (Å²) in [6.45, 7) is 5.65. The molecular weight excluding hydrogens is 254 g/mol. The zero-order chi connectivity index (χ0) is 14.9. The van der Waals surface area contributed by atoms with E-state index in [0.717, 1.165) is 17.6 Å². The molecule has 106 valence electrons. The van der Waals surface area contributed by atoms with Crippen molar-refractivity contribution in [3.8, 4) is 0 Å². The highest BCUT2D eigenvalue weighted by atomic mass is 16.4. The summed E-state index contributed by atoms with van der Waals surface area (Å²) in [5, 5.41) is 12.3. The molecule has 2 rings (SSSR count). The van der Waals surface area contributed by atoms with Gasteiger partial charge in [0.2, 0.25) is 0 Å². The van der Waals surface area contributed by atoms with Gasteiger partial charge in [0.1, 0.15) is 0 Å². The average molecular weight is 273 g/mol. The molecule has 1 heterocycles. The van der Waals surface area contributed by atoms with Crippen LogP contribution in [0.5, 0.6) is 0 Å². The molecule has 0 spiro atoms. The van der Waals surface area contributed by atoms with Crippen LogP contribution in [-0.4, -0.2) is 23.0 Å². The highest BCUT2D eigenvalue weighted by Crippen LogP contribution is 2.34. The molecule has 0 bridgehead atoms. The normalized spacial score (nSPS) is 21.8. The van der Waals surface area contributed by atoms with Gasteiger partial charge in [0.25, 0.3) is 5.91 Å². The van der Waals surface area contributed by atoms with E-state index in [4.69, 9.17) is 0 Å². The Labute approximate surface area is 118 Å². The largest absolute Gasteiger partial charge is 0.478 e. The van der Waals surface area contributed by atoms with E-state index in [1.807, 2.05) is 26.0 Å². The van der Waals surface area contributed by atoms with Gasteiger partial charge in [-0.3, -0.25) is 4.79 Å². The Morgan fingerprint density at radius 2 is 1.95 bits per heavy atom. The summed E-state index contributed by atoms with van der Waals surface area (Å²) in [6, 6.07) is 6.92. The third-order valence-electron chi connectivity index (χ3n) is 4.00. The van der Waals surface area contributed by atoms with Gasteiger partial charge in [0.05, 0.1) is 6.04 Å². The molecule has 1 aliphatic heterocycles. The van der Waals surface area contributed by atoms with E-state index >= 15 is 0 Å². The van der Waals surface area contributed by atoms with Gasteiger partial charge >= 0.3 is 5.97 Å². The van der Waals surface area contributed by atoms with Crippen LogP contribution in [0.1, 0.15) is 43.1 Å². The topological polar surface area (TPSA) is 66.4 Å². The molecule has 0 fully saturated rings. The van der Waals surface area contributed by atoms with Crippen molar-refractivity contribution in [3.05, 3.63) is 41.0 Å². The second-order valence-corrected chi connectivity index (χ2v) is 5.23. The molecule has 0 radical (unpaired) electrons. The van der Waals surface area contributed by atoms with Crippen LogP contribution in [0.4, 0.5) is 0 Å². The highest BCUT2D eigenvalue weighted by Gasteiger charge is 2.33. The Bertz CT molecular complexity index is 589. The molecular formula is C16H19NO3. The van der Waals surface area contributed by atoms with Crippen molar-refractivity contribution in [1.29, 1.82) is 0 Å². The monoisotopic (exact) mass is 273 g/mol. The minimum absolute atomic E-state index is 0.132. The molecule has 0 saturated heterocycles. The van der Waals surface area contributed by atoms with E-state index in [9.17, 15) is 14.7 Å². The van der Waals surface area contributed by atoms with Gasteiger partial charge in [-0.15, -0.1) is 0 Å². The smallest absolute Gasteiger partial charge is 0.331 e. The number of hydrogen-bond donors (Lipinski definition) is 2. The molecule has 0 aliphatic carbocycles. The second kappa shape index (κ2) is 5.49. The maximum atomic E-state index is 12.2. The Morgan fingerprint density at radius 3 is 2.50 bits per heavy atom. The molecule has 0 saturated carbocycles. The van der Waals surface area contributed by atoms with Gasteiger partial charge in [0.15, 0.2) is 0 Å². The van der Waals surface area contributed by atoms with E-state index in [0.29, 0.717) is 11.1 Å². The van der Waals surface area contributed by atoms with Crippen molar-refractivity contribution in [1.82, 2.24) is 5.32 Å². The van der Waals surface area contributed by atoms with E-state index in [1.165, 1.54) is 0 Å². The molecule has 0 unspecified atom stereocenters. The Kier molecular flexibility index (Phi) is 3.93. The van der Waals surface area contributed by atoms with Crippen molar-refractivity contribution in [3.63, 3.8) is 0 Å². The lowest BCUT2D eigenvalue weighted by molar-refractivity contribution is -0.132. The molecule has 1 amide bonds. The number of nitrogens with one attached hydrogen (secondary N) is 1. The van der Waals surface area contributed by atoms with Crippen LogP contribution in [0.3, 0.4) is 0 Å². The van der Waals surface area contributed by atoms with E-state index in [2.05, 4.69) is 5.32 Å². The zero-order valence-electron chi connectivity index (χ0n) is 11.9. The van der Waals surface area contributed by atoms with Crippen LogP contribution in [0, 0.1) is 5.92 Å². The number of fused-ring (bicyclic) bond motifs is 1. The number of rotatable bonds is 3. The fourth-order valence-electron chi connectivity index (χ4n) is 2.59. The van der Waals surface area contributed by atoms with Crippen molar-refractivity contribution in [2.24, 2.45) is 5.92 Å². The van der Waals surface area contributed by atoms with E-state index in [-0.39, 0.29) is 17.9 Å². The van der Waals surface area contributed by atoms with Crippen LogP contribution in [0.25, 0.3) is 5.57 Å². The molecule has 4 nitrogen and oxygen atoms in total. The lowest BCUT2D eigenvalue weighted by atomic mass is 9.80. The number of carbonyl (C=O) groups is 2. The molecule has 4 heteroatoms. The van der Waals surface area contributed by atoms with Gasteiger partial charge in [-0.05, 0) is 30.0 Å². The maximum Gasteiger partial charge on any atom is 0.331 e. The van der Waals surface area contributed by atoms with E-state index in [1.54, 1.807) is 19.1 Å². The Morgan fingerprint density at radius 1 is 1.35 bits per heavy atom. The van der Waals surface area contributed by atoms with Gasteiger partial charge in [-0.2, -0.15) is 0 Å². The molecule has 1 aliphatic rings. The van der Waals surface area contributed by atoms with E-state index < -0.39 is 5.97 Å². The average Bonchev–Trinajstić information content (AvgIpc) is 2.45. The quantitative estimate of drug-likeness (QED) is 0.832. The first-order valence-corrected chi connectivity index (χ1v) is 6.81. The Hall–Kier alpha value is -2.10. The van der Waals surface area contributed by atoms with Crippen molar-refractivity contribution >= 4 is 17.4 Å². The highest BCUT2D eigenvalue weighted by molar-refractivity contribution is 6.07. The van der Waals surface area contributed by atoms with Crippen molar-refractivity contribution in [2.75, 3.05) is 0 Å². The first-order chi connectivity index (χ1) is 9.47. The predicted molar refractivity (Wildman–Crippen MR) is 77.4 cm³/mol. The summed E-state index contributed by atoms with van der Waals surface area (Å²) in [7, 11) is 0. The number of aliphatic carboxylic acids is 1. The van der Waals surface area contributed by atoms with Crippen LogP contribution in [-0.2, 0) is 4.79 Å². The van der Waals surface area contributed by atoms with Gasteiger partial charge in [-0.25, -0.2) is 4.79 Å². The fourth-order valence-corrected chi connectivity index (χ4v) is 2.59. The number of carboxylic acids is 1. The number of benzene rings is 1. The molecule has 0 aromatic heterocycles. The summed E-state index contributed by atoms with van der Waals surface area (Å²) in [4.78, 5) is 23.5. The molecule has 2 N–H and O–H groups in total. The minimum atomic E-state index is -0.945. The lowest BCUT2D eigenvalue weighted by Gasteiger charge is -2.33. The lowest BCUT2D eigenvalue weighted by Crippen LogP contribution is -2.45. The summed E-state index contributed by atoms with van der Waals surface area (Å²) in [5.74, 6) is -0.899. The van der Waals surface area contributed by atoms with Gasteiger partial charge < -0.3 is 10.4 Å². The third kappa shape index (κ3) is 2.33. The predicted octanol–water partition coefficient (Wildman–Crippen LogP) is 2.70. The maximum absolute atomic E-state index is 12.2. The molecule has 1 aromatic rings.